The Morgan fingerprint density at radius 1 is 1.32 bits per heavy atom. The van der Waals surface area contributed by atoms with Gasteiger partial charge in [0.15, 0.2) is 11.6 Å². The zero-order chi connectivity index (χ0) is 14.6. The van der Waals surface area contributed by atoms with Crippen LogP contribution in [0.4, 0.5) is 17.6 Å². The summed E-state index contributed by atoms with van der Waals surface area (Å²) in [6.07, 6.45) is -3.28. The highest BCUT2D eigenvalue weighted by Crippen LogP contribution is 2.40. The molecule has 0 saturated heterocycles. The molecule has 19 heavy (non-hydrogen) atoms. The van der Waals surface area contributed by atoms with E-state index in [9.17, 15) is 17.6 Å². The smallest absolute Gasteiger partial charge is 0.420 e. The first-order valence-corrected chi connectivity index (χ1v) is 6.57. The number of ether oxygens (including phenoxy) is 1. The first kappa shape index (κ1) is 16.6. The highest BCUT2D eigenvalue weighted by atomic mass is 79.9. The number of halogens is 6. The van der Waals surface area contributed by atoms with Crippen molar-refractivity contribution in [3.8, 4) is 11.5 Å². The zero-order valence-electron chi connectivity index (χ0n) is 8.97. The SMILES string of the molecule is Fc1cc(OCC=C(Br)Br)cc(C(F)(F)F)c1OS. The van der Waals surface area contributed by atoms with Gasteiger partial charge in [0.2, 0.25) is 0 Å². The number of benzene rings is 1. The summed E-state index contributed by atoms with van der Waals surface area (Å²) in [6, 6.07) is 1.43. The molecular formula is C10H6Br2F4O2S. The van der Waals surface area contributed by atoms with Crippen LogP contribution in [0.5, 0.6) is 11.5 Å². The summed E-state index contributed by atoms with van der Waals surface area (Å²) in [5.74, 6) is -2.46. The lowest BCUT2D eigenvalue weighted by Crippen LogP contribution is -2.09. The van der Waals surface area contributed by atoms with E-state index in [1.54, 1.807) is 0 Å². The van der Waals surface area contributed by atoms with Gasteiger partial charge < -0.3 is 8.92 Å². The van der Waals surface area contributed by atoms with Crippen LogP contribution in [0.25, 0.3) is 0 Å². The fourth-order valence-corrected chi connectivity index (χ4v) is 1.61. The van der Waals surface area contributed by atoms with Gasteiger partial charge in [-0.3, -0.25) is 0 Å². The highest BCUT2D eigenvalue weighted by Gasteiger charge is 2.36. The van der Waals surface area contributed by atoms with Crippen LogP contribution in [0.15, 0.2) is 21.6 Å². The number of alkyl halides is 3. The minimum atomic E-state index is -4.77. The Balaban J connectivity index is 3.10. The van der Waals surface area contributed by atoms with Gasteiger partial charge in [-0.05, 0) is 44.0 Å². The summed E-state index contributed by atoms with van der Waals surface area (Å²) in [5.41, 5.74) is -1.29. The Hall–Kier alpha value is -0.410. The Bertz CT molecular complexity index is 487. The standard InChI is InChI=1S/C10H6Br2F4O2S/c11-8(12)1-2-17-5-3-6(10(14,15)16)9(18-19)7(13)4-5/h1,3-4,19H,2H2. The molecule has 0 heterocycles. The molecule has 106 valence electrons. The van der Waals surface area contributed by atoms with Crippen LogP contribution in [0, 0.1) is 5.82 Å². The molecule has 0 amide bonds. The molecule has 1 rings (SSSR count). The van der Waals surface area contributed by atoms with Crippen molar-refractivity contribution in [1.82, 2.24) is 0 Å². The van der Waals surface area contributed by atoms with Crippen LogP contribution in [0.3, 0.4) is 0 Å². The molecule has 1 aromatic rings. The predicted molar refractivity (Wildman–Crippen MR) is 72.4 cm³/mol. The Labute approximate surface area is 128 Å². The molecule has 1 aromatic carbocycles. The third-order valence-corrected chi connectivity index (χ3v) is 2.73. The molecule has 2 nitrogen and oxygen atoms in total. The Kier molecular flexibility index (Phi) is 6.00. The molecule has 0 saturated carbocycles. The molecule has 9 heteroatoms. The minimum Gasteiger partial charge on any atom is -0.489 e. The van der Waals surface area contributed by atoms with Gasteiger partial charge in [-0.25, -0.2) is 4.39 Å². The maximum atomic E-state index is 13.4. The van der Waals surface area contributed by atoms with E-state index in [-0.39, 0.29) is 12.4 Å². The van der Waals surface area contributed by atoms with Gasteiger partial charge in [0.25, 0.3) is 0 Å². The van der Waals surface area contributed by atoms with Crippen molar-refractivity contribution in [2.24, 2.45) is 0 Å². The second-order valence-electron chi connectivity index (χ2n) is 3.18. The number of hydrogen-bond donors (Lipinski definition) is 1. The third-order valence-electron chi connectivity index (χ3n) is 1.90. The van der Waals surface area contributed by atoms with E-state index in [4.69, 9.17) is 4.74 Å². The van der Waals surface area contributed by atoms with Crippen molar-refractivity contribution in [2.45, 2.75) is 6.18 Å². The van der Waals surface area contributed by atoms with Crippen molar-refractivity contribution in [3.05, 3.63) is 33.0 Å². The van der Waals surface area contributed by atoms with E-state index in [0.717, 1.165) is 6.07 Å². The van der Waals surface area contributed by atoms with Crippen LogP contribution in [0.1, 0.15) is 5.56 Å². The summed E-state index contributed by atoms with van der Waals surface area (Å²) in [6.45, 7) is -0.0380. The second-order valence-corrected chi connectivity index (χ2v) is 6.13. The maximum absolute atomic E-state index is 13.4. The molecule has 0 unspecified atom stereocenters. The van der Waals surface area contributed by atoms with Crippen LogP contribution < -0.4 is 8.92 Å². The van der Waals surface area contributed by atoms with Gasteiger partial charge in [0.1, 0.15) is 17.9 Å². The summed E-state index contributed by atoms with van der Waals surface area (Å²) in [5, 5.41) is 0. The van der Waals surface area contributed by atoms with Gasteiger partial charge in [-0.2, -0.15) is 13.2 Å². The van der Waals surface area contributed by atoms with E-state index in [0.29, 0.717) is 9.46 Å². The van der Waals surface area contributed by atoms with E-state index in [1.807, 2.05) is 0 Å². The number of thiol groups is 1. The first-order chi connectivity index (χ1) is 8.75. The van der Waals surface area contributed by atoms with Gasteiger partial charge in [-0.15, -0.1) is 0 Å². The van der Waals surface area contributed by atoms with Gasteiger partial charge >= 0.3 is 6.18 Å². The average Bonchev–Trinajstić information content (AvgIpc) is 2.26. The van der Waals surface area contributed by atoms with Crippen molar-refractivity contribution in [2.75, 3.05) is 6.61 Å². The van der Waals surface area contributed by atoms with Crippen LogP contribution in [0.2, 0.25) is 0 Å². The van der Waals surface area contributed by atoms with E-state index >= 15 is 0 Å². The molecule has 0 radical (unpaired) electrons. The Morgan fingerprint density at radius 3 is 2.42 bits per heavy atom. The fourth-order valence-electron chi connectivity index (χ4n) is 1.16. The quantitative estimate of drug-likeness (QED) is 0.412. The lowest BCUT2D eigenvalue weighted by atomic mass is 10.1. The minimum absolute atomic E-state index is 0.0380. The third kappa shape index (κ3) is 4.88. The summed E-state index contributed by atoms with van der Waals surface area (Å²) < 4.78 is 61.1. The van der Waals surface area contributed by atoms with Gasteiger partial charge in [0.05, 0.1) is 3.39 Å². The monoisotopic (exact) mass is 424 g/mol. The summed E-state index contributed by atoms with van der Waals surface area (Å²) in [7, 11) is 0. The van der Waals surface area contributed by atoms with Crippen LogP contribution >= 0.6 is 44.8 Å². The van der Waals surface area contributed by atoms with Gasteiger partial charge in [0, 0.05) is 19.0 Å². The fraction of sp³-hybridized carbons (Fsp3) is 0.200. The van der Waals surface area contributed by atoms with Crippen molar-refractivity contribution in [1.29, 1.82) is 0 Å². The number of hydrogen-bond acceptors (Lipinski definition) is 3. The molecular weight excluding hydrogens is 420 g/mol. The Morgan fingerprint density at radius 2 is 1.95 bits per heavy atom. The van der Waals surface area contributed by atoms with Crippen LogP contribution in [-0.4, -0.2) is 6.61 Å². The molecule has 0 fully saturated rings. The largest absolute Gasteiger partial charge is 0.489 e. The molecule has 0 aromatic heterocycles. The summed E-state index contributed by atoms with van der Waals surface area (Å²) in [4.78, 5) is 0. The molecule has 0 aliphatic heterocycles. The molecule has 0 N–H and O–H groups in total. The van der Waals surface area contributed by atoms with Crippen molar-refractivity contribution in [3.63, 3.8) is 0 Å². The lowest BCUT2D eigenvalue weighted by Gasteiger charge is -2.13. The zero-order valence-corrected chi connectivity index (χ0v) is 13.0. The molecule has 0 bridgehead atoms. The van der Waals surface area contributed by atoms with E-state index in [1.165, 1.54) is 6.08 Å². The number of rotatable bonds is 4. The molecule has 0 aliphatic rings. The second kappa shape index (κ2) is 6.85. The average molecular weight is 426 g/mol. The summed E-state index contributed by atoms with van der Waals surface area (Å²) >= 11 is 9.30. The topological polar surface area (TPSA) is 18.5 Å². The van der Waals surface area contributed by atoms with Crippen molar-refractivity contribution >= 4 is 44.8 Å². The highest BCUT2D eigenvalue weighted by molar-refractivity contribution is 9.28. The lowest BCUT2D eigenvalue weighted by molar-refractivity contribution is -0.138. The molecule has 0 aliphatic carbocycles. The maximum Gasteiger partial charge on any atom is 0.420 e. The first-order valence-electron chi connectivity index (χ1n) is 4.62. The van der Waals surface area contributed by atoms with Gasteiger partial charge in [-0.1, -0.05) is 0 Å². The normalized spacial score (nSPS) is 11.1. The van der Waals surface area contributed by atoms with Crippen molar-refractivity contribution < 1.29 is 26.5 Å². The van der Waals surface area contributed by atoms with Crippen LogP contribution in [-0.2, 0) is 6.18 Å². The molecule has 0 atom stereocenters. The van der Waals surface area contributed by atoms with E-state index in [2.05, 4.69) is 49.0 Å². The predicted octanol–water partition coefficient (Wildman–Crippen LogP) is 5.08. The van der Waals surface area contributed by atoms with E-state index < -0.39 is 23.3 Å². The molecule has 0 spiro atoms.